The van der Waals surface area contributed by atoms with Crippen molar-refractivity contribution in [1.29, 1.82) is 0 Å². The number of carbonyl (C=O) groups excluding carboxylic acids is 2. The zero-order valence-electron chi connectivity index (χ0n) is 18.1. The van der Waals surface area contributed by atoms with E-state index in [1.807, 2.05) is 26.0 Å². The van der Waals surface area contributed by atoms with Crippen molar-refractivity contribution in [3.63, 3.8) is 0 Å². The number of pyridine rings is 1. The standard InChI is InChI=1S/C24H29N3O3/c1-5-26(6-2)13-14-27-21(18-9-11-25-12-10-18)20(23(29)24(27)30)22(28)19-8-7-16(3)17(4)15-19/h7-12,15,21,28H,5-6,13-14H2,1-4H3/b22-20-. The Morgan fingerprint density at radius 1 is 1.07 bits per heavy atom. The number of carbonyl (C=O) groups is 2. The Morgan fingerprint density at radius 2 is 1.73 bits per heavy atom. The van der Waals surface area contributed by atoms with Crippen molar-refractivity contribution in [1.82, 2.24) is 14.8 Å². The van der Waals surface area contributed by atoms with E-state index in [9.17, 15) is 14.7 Å². The fraction of sp³-hybridized carbons (Fsp3) is 0.375. The molecular weight excluding hydrogens is 378 g/mol. The molecule has 0 saturated carbocycles. The maximum Gasteiger partial charge on any atom is 0.295 e. The maximum absolute atomic E-state index is 13.0. The molecule has 2 aromatic rings. The fourth-order valence-corrected chi connectivity index (χ4v) is 3.84. The molecule has 0 bridgehead atoms. The maximum atomic E-state index is 13.0. The average molecular weight is 408 g/mol. The van der Waals surface area contributed by atoms with E-state index in [1.54, 1.807) is 35.5 Å². The number of nitrogens with zero attached hydrogens (tertiary/aromatic N) is 3. The van der Waals surface area contributed by atoms with Crippen molar-refractivity contribution in [2.45, 2.75) is 33.7 Å². The number of Topliss-reactive ketones (excluding diaryl/α,β-unsaturated/α-hetero) is 1. The summed E-state index contributed by atoms with van der Waals surface area (Å²) in [6.07, 6.45) is 3.27. The highest BCUT2D eigenvalue weighted by molar-refractivity contribution is 6.46. The van der Waals surface area contributed by atoms with Gasteiger partial charge >= 0.3 is 0 Å². The van der Waals surface area contributed by atoms with Gasteiger partial charge < -0.3 is 14.9 Å². The lowest BCUT2D eigenvalue weighted by molar-refractivity contribution is -0.140. The van der Waals surface area contributed by atoms with Crippen LogP contribution in [0.4, 0.5) is 0 Å². The van der Waals surface area contributed by atoms with Crippen LogP contribution in [-0.2, 0) is 9.59 Å². The van der Waals surface area contributed by atoms with Crippen LogP contribution in [0.1, 0.15) is 42.1 Å². The van der Waals surface area contributed by atoms with E-state index in [1.165, 1.54) is 0 Å². The SMILES string of the molecule is CCN(CC)CCN1C(=O)C(=O)/C(=C(\O)c2ccc(C)c(C)c2)C1c1ccncc1. The number of rotatable bonds is 7. The monoisotopic (exact) mass is 407 g/mol. The van der Waals surface area contributed by atoms with Crippen molar-refractivity contribution in [2.75, 3.05) is 26.2 Å². The number of hydrogen-bond donors (Lipinski definition) is 1. The number of aryl methyl sites for hydroxylation is 2. The molecule has 6 heteroatoms. The van der Waals surface area contributed by atoms with Gasteiger partial charge in [0.1, 0.15) is 5.76 Å². The summed E-state index contributed by atoms with van der Waals surface area (Å²) in [7, 11) is 0. The van der Waals surface area contributed by atoms with Gasteiger partial charge in [-0.1, -0.05) is 26.0 Å². The van der Waals surface area contributed by atoms with Gasteiger partial charge in [-0.25, -0.2) is 0 Å². The molecule has 1 aromatic heterocycles. The van der Waals surface area contributed by atoms with E-state index < -0.39 is 17.7 Å². The zero-order valence-corrected chi connectivity index (χ0v) is 18.1. The highest BCUT2D eigenvalue weighted by Gasteiger charge is 2.45. The van der Waals surface area contributed by atoms with Crippen molar-refractivity contribution in [3.05, 3.63) is 70.6 Å². The number of likely N-dealkylation sites (tertiary alicyclic amines) is 1. The number of ketones is 1. The summed E-state index contributed by atoms with van der Waals surface area (Å²) in [6.45, 7) is 10.9. The Kier molecular flexibility index (Phi) is 6.67. The Balaban J connectivity index is 2.09. The highest BCUT2D eigenvalue weighted by atomic mass is 16.3. The number of aromatic nitrogens is 1. The molecule has 1 fully saturated rings. The van der Waals surface area contributed by atoms with Gasteiger partial charge in [-0.2, -0.15) is 0 Å². The number of hydrogen-bond acceptors (Lipinski definition) is 5. The summed E-state index contributed by atoms with van der Waals surface area (Å²) in [5.74, 6) is -1.36. The van der Waals surface area contributed by atoms with Gasteiger partial charge in [0.05, 0.1) is 11.6 Å². The highest BCUT2D eigenvalue weighted by Crippen LogP contribution is 2.39. The first-order valence-electron chi connectivity index (χ1n) is 10.4. The van der Waals surface area contributed by atoms with Crippen LogP contribution in [-0.4, -0.2) is 57.8 Å². The van der Waals surface area contributed by atoms with Gasteiger partial charge in [-0.15, -0.1) is 0 Å². The summed E-state index contributed by atoms with van der Waals surface area (Å²) in [6, 6.07) is 8.47. The van der Waals surface area contributed by atoms with Crippen LogP contribution in [0.5, 0.6) is 0 Å². The molecule has 2 heterocycles. The summed E-state index contributed by atoms with van der Waals surface area (Å²) in [4.78, 5) is 33.8. The van der Waals surface area contributed by atoms with Gasteiger partial charge in [-0.05, 0) is 61.8 Å². The molecule has 1 amide bonds. The van der Waals surface area contributed by atoms with Crippen LogP contribution >= 0.6 is 0 Å². The first-order chi connectivity index (χ1) is 14.4. The molecule has 3 rings (SSSR count). The largest absolute Gasteiger partial charge is 0.507 e. The van der Waals surface area contributed by atoms with E-state index in [2.05, 4.69) is 23.7 Å². The summed E-state index contributed by atoms with van der Waals surface area (Å²) >= 11 is 0. The van der Waals surface area contributed by atoms with E-state index >= 15 is 0 Å². The molecule has 158 valence electrons. The fourth-order valence-electron chi connectivity index (χ4n) is 3.84. The van der Waals surface area contributed by atoms with Crippen molar-refractivity contribution in [2.24, 2.45) is 0 Å². The molecule has 1 N–H and O–H groups in total. The van der Waals surface area contributed by atoms with Crippen LogP contribution in [0.25, 0.3) is 5.76 Å². The smallest absolute Gasteiger partial charge is 0.295 e. The molecule has 1 aliphatic rings. The minimum absolute atomic E-state index is 0.133. The van der Waals surface area contributed by atoms with Crippen LogP contribution in [0.3, 0.4) is 0 Å². The molecule has 30 heavy (non-hydrogen) atoms. The van der Waals surface area contributed by atoms with E-state index in [-0.39, 0.29) is 11.3 Å². The average Bonchev–Trinajstić information content (AvgIpc) is 3.01. The Hall–Kier alpha value is -2.99. The lowest BCUT2D eigenvalue weighted by Crippen LogP contribution is -2.38. The number of aliphatic hydroxyl groups is 1. The molecule has 1 aliphatic heterocycles. The van der Waals surface area contributed by atoms with Crippen molar-refractivity contribution in [3.8, 4) is 0 Å². The van der Waals surface area contributed by atoms with Crippen molar-refractivity contribution < 1.29 is 14.7 Å². The summed E-state index contributed by atoms with van der Waals surface area (Å²) in [5.41, 5.74) is 3.54. The third-order valence-corrected chi connectivity index (χ3v) is 5.89. The Bertz CT molecular complexity index is 965. The van der Waals surface area contributed by atoms with E-state index in [4.69, 9.17) is 0 Å². The van der Waals surface area contributed by atoms with Crippen LogP contribution in [0.2, 0.25) is 0 Å². The molecule has 1 unspecified atom stereocenters. The number of likely N-dealkylation sites (N-methyl/N-ethyl adjacent to an activating group) is 1. The summed E-state index contributed by atoms with van der Waals surface area (Å²) in [5, 5.41) is 11.1. The number of aliphatic hydroxyl groups excluding tert-OH is 1. The van der Waals surface area contributed by atoms with E-state index in [0.717, 1.165) is 29.8 Å². The number of benzene rings is 1. The molecule has 1 aromatic carbocycles. The lowest BCUT2D eigenvalue weighted by Gasteiger charge is -2.28. The molecule has 1 atom stereocenters. The van der Waals surface area contributed by atoms with E-state index in [0.29, 0.717) is 18.7 Å². The second kappa shape index (κ2) is 9.22. The predicted molar refractivity (Wildman–Crippen MR) is 117 cm³/mol. The summed E-state index contributed by atoms with van der Waals surface area (Å²) < 4.78 is 0. The molecule has 6 nitrogen and oxygen atoms in total. The third-order valence-electron chi connectivity index (χ3n) is 5.89. The topological polar surface area (TPSA) is 73.7 Å². The quantitative estimate of drug-likeness (QED) is 0.432. The molecule has 0 aliphatic carbocycles. The Morgan fingerprint density at radius 3 is 2.33 bits per heavy atom. The first-order valence-corrected chi connectivity index (χ1v) is 10.4. The van der Waals surface area contributed by atoms with Gasteiger partial charge in [0.15, 0.2) is 0 Å². The third kappa shape index (κ3) is 4.14. The molecule has 1 saturated heterocycles. The molecular formula is C24H29N3O3. The minimum Gasteiger partial charge on any atom is -0.507 e. The Labute approximate surface area is 177 Å². The normalized spacial score (nSPS) is 18.4. The second-order valence-electron chi connectivity index (χ2n) is 7.60. The van der Waals surface area contributed by atoms with Crippen LogP contribution in [0, 0.1) is 13.8 Å². The van der Waals surface area contributed by atoms with Crippen LogP contribution in [0.15, 0.2) is 48.3 Å². The minimum atomic E-state index is -0.646. The molecule has 0 spiro atoms. The number of amides is 1. The predicted octanol–water partition coefficient (Wildman–Crippen LogP) is 3.46. The molecule has 0 radical (unpaired) electrons. The van der Waals surface area contributed by atoms with Gasteiger partial charge in [-0.3, -0.25) is 14.6 Å². The zero-order chi connectivity index (χ0) is 21.8. The second-order valence-corrected chi connectivity index (χ2v) is 7.60. The van der Waals surface area contributed by atoms with Crippen molar-refractivity contribution >= 4 is 17.4 Å². The van der Waals surface area contributed by atoms with Gasteiger partial charge in [0.25, 0.3) is 11.7 Å². The van der Waals surface area contributed by atoms with Gasteiger partial charge in [0, 0.05) is 31.0 Å². The lowest BCUT2D eigenvalue weighted by atomic mass is 9.95. The van der Waals surface area contributed by atoms with Gasteiger partial charge in [0.2, 0.25) is 0 Å². The van der Waals surface area contributed by atoms with Crippen LogP contribution < -0.4 is 0 Å². The first kappa shape index (κ1) is 21.7.